The number of nitrogens with zero attached hydrogens (tertiary/aromatic N) is 1. The van der Waals surface area contributed by atoms with Crippen molar-refractivity contribution in [3.63, 3.8) is 0 Å². The second kappa shape index (κ2) is 7.33. The van der Waals surface area contributed by atoms with Crippen molar-refractivity contribution < 1.29 is 19.4 Å². The highest BCUT2D eigenvalue weighted by atomic mass is 16.5. The lowest BCUT2D eigenvalue weighted by molar-refractivity contribution is -0.154. The van der Waals surface area contributed by atoms with Gasteiger partial charge >= 0.3 is 5.97 Å². The molecule has 5 nitrogen and oxygen atoms in total. The van der Waals surface area contributed by atoms with Gasteiger partial charge in [0, 0.05) is 24.8 Å². The summed E-state index contributed by atoms with van der Waals surface area (Å²) >= 11 is 0. The van der Waals surface area contributed by atoms with E-state index in [0.717, 1.165) is 22.0 Å². The van der Waals surface area contributed by atoms with Gasteiger partial charge in [-0.3, -0.25) is 9.78 Å². The van der Waals surface area contributed by atoms with Gasteiger partial charge in [-0.2, -0.15) is 0 Å². The summed E-state index contributed by atoms with van der Waals surface area (Å²) < 4.78 is 10.4. The molecule has 1 fully saturated rings. The van der Waals surface area contributed by atoms with Crippen LogP contribution in [0.3, 0.4) is 0 Å². The molecule has 0 amide bonds. The molecule has 1 atom stereocenters. The van der Waals surface area contributed by atoms with Crippen LogP contribution in [0.5, 0.6) is 0 Å². The Bertz CT molecular complexity index is 791. The van der Waals surface area contributed by atoms with Crippen molar-refractivity contribution in [2.75, 3.05) is 20.3 Å². The van der Waals surface area contributed by atoms with Crippen LogP contribution in [-0.2, 0) is 14.3 Å². The van der Waals surface area contributed by atoms with Crippen molar-refractivity contribution in [3.05, 3.63) is 47.8 Å². The minimum atomic E-state index is -0.648. The maximum Gasteiger partial charge on any atom is 0.315 e. The highest BCUT2D eigenvalue weighted by molar-refractivity contribution is 5.85. The molecule has 2 aromatic rings. The van der Waals surface area contributed by atoms with Gasteiger partial charge in [-0.1, -0.05) is 18.2 Å². The molecule has 0 aliphatic carbocycles. The largest absolute Gasteiger partial charge is 0.468 e. The maximum atomic E-state index is 12.3. The van der Waals surface area contributed by atoms with Gasteiger partial charge in [-0.05, 0) is 48.9 Å². The van der Waals surface area contributed by atoms with Crippen LogP contribution < -0.4 is 0 Å². The van der Waals surface area contributed by atoms with E-state index in [1.54, 1.807) is 13.1 Å². The fourth-order valence-corrected chi connectivity index (χ4v) is 3.15. The predicted molar refractivity (Wildman–Crippen MR) is 95.9 cm³/mol. The number of ether oxygens (including phenoxy) is 2. The Kier molecular flexibility index (Phi) is 5.16. The van der Waals surface area contributed by atoms with Gasteiger partial charge in [0.2, 0.25) is 0 Å². The first-order valence-electron chi connectivity index (χ1n) is 8.47. The van der Waals surface area contributed by atoms with Crippen LogP contribution in [0.1, 0.15) is 37.1 Å². The molecule has 2 heterocycles. The Morgan fingerprint density at radius 3 is 2.76 bits per heavy atom. The molecular formula is C20H23NO4. The molecule has 1 aromatic heterocycles. The minimum Gasteiger partial charge on any atom is -0.468 e. The van der Waals surface area contributed by atoms with Crippen LogP contribution in [-0.4, -0.2) is 36.4 Å². The van der Waals surface area contributed by atoms with Crippen molar-refractivity contribution in [2.45, 2.75) is 25.9 Å². The first-order chi connectivity index (χ1) is 12.0. The second-order valence-electron chi connectivity index (χ2n) is 6.49. The van der Waals surface area contributed by atoms with Crippen molar-refractivity contribution in [3.8, 4) is 0 Å². The number of rotatable bonds is 4. The molecule has 0 saturated carbocycles. The Labute approximate surface area is 147 Å². The van der Waals surface area contributed by atoms with Crippen LogP contribution in [0.25, 0.3) is 16.8 Å². The summed E-state index contributed by atoms with van der Waals surface area (Å²) in [4.78, 5) is 16.7. The van der Waals surface area contributed by atoms with E-state index in [1.165, 1.54) is 7.11 Å². The molecule has 132 valence electrons. The van der Waals surface area contributed by atoms with Gasteiger partial charge in [0.1, 0.15) is 0 Å². The zero-order valence-electron chi connectivity index (χ0n) is 14.6. The molecule has 1 saturated heterocycles. The predicted octanol–water partition coefficient (Wildman–Crippen LogP) is 3.27. The summed E-state index contributed by atoms with van der Waals surface area (Å²) in [6.45, 7) is 2.83. The molecule has 0 bridgehead atoms. The molecule has 0 radical (unpaired) electrons. The molecule has 1 aliphatic rings. The normalized spacial score (nSPS) is 18.4. The third kappa shape index (κ3) is 3.72. The standard InChI is InChI=1S/C20H23NO4/c1-14(22)15-3-4-16-13-21-18(12-17(16)11-15)5-6-20(19(23)24-2)7-9-25-10-8-20/h3-6,11-14,22H,7-10H2,1-2H3. The van der Waals surface area contributed by atoms with E-state index in [9.17, 15) is 9.90 Å². The summed E-state index contributed by atoms with van der Waals surface area (Å²) in [7, 11) is 1.42. The molecule has 1 aromatic carbocycles. The zero-order chi connectivity index (χ0) is 17.9. The van der Waals surface area contributed by atoms with E-state index in [0.29, 0.717) is 26.1 Å². The Hall–Kier alpha value is -2.24. The molecule has 1 aliphatic heterocycles. The fourth-order valence-electron chi connectivity index (χ4n) is 3.15. The van der Waals surface area contributed by atoms with Crippen molar-refractivity contribution in [2.24, 2.45) is 5.41 Å². The number of esters is 1. The van der Waals surface area contributed by atoms with Crippen LogP contribution >= 0.6 is 0 Å². The van der Waals surface area contributed by atoms with Gasteiger partial charge < -0.3 is 14.6 Å². The number of aliphatic hydroxyl groups is 1. The average Bonchev–Trinajstić information content (AvgIpc) is 2.65. The van der Waals surface area contributed by atoms with E-state index >= 15 is 0 Å². The first-order valence-corrected chi connectivity index (χ1v) is 8.47. The summed E-state index contributed by atoms with van der Waals surface area (Å²) in [5.41, 5.74) is 0.986. The minimum absolute atomic E-state index is 0.232. The number of carbonyl (C=O) groups excluding carboxylic acids is 1. The number of fused-ring (bicyclic) bond motifs is 1. The molecule has 0 spiro atoms. The summed E-state index contributed by atoms with van der Waals surface area (Å²) in [5.74, 6) is -0.232. The number of pyridine rings is 1. The van der Waals surface area contributed by atoms with Gasteiger partial charge in [0.15, 0.2) is 0 Å². The number of benzene rings is 1. The van der Waals surface area contributed by atoms with E-state index in [2.05, 4.69) is 4.98 Å². The van der Waals surface area contributed by atoms with Crippen molar-refractivity contribution in [1.29, 1.82) is 0 Å². The van der Waals surface area contributed by atoms with Crippen LogP contribution in [0, 0.1) is 5.41 Å². The SMILES string of the molecule is COC(=O)C1(C=Cc2cc3cc(C(C)O)ccc3cn2)CCOCC1. The lowest BCUT2D eigenvalue weighted by atomic mass is 9.79. The first kappa shape index (κ1) is 17.6. The quantitative estimate of drug-likeness (QED) is 0.865. The van der Waals surface area contributed by atoms with Gasteiger partial charge in [0.25, 0.3) is 0 Å². The number of hydrogen-bond donors (Lipinski definition) is 1. The monoisotopic (exact) mass is 341 g/mol. The zero-order valence-corrected chi connectivity index (χ0v) is 14.6. The molecule has 25 heavy (non-hydrogen) atoms. The van der Waals surface area contributed by atoms with Crippen molar-refractivity contribution in [1.82, 2.24) is 4.98 Å². The molecular weight excluding hydrogens is 318 g/mol. The van der Waals surface area contributed by atoms with Gasteiger partial charge in [-0.15, -0.1) is 0 Å². The number of aliphatic hydroxyl groups excluding tert-OH is 1. The molecule has 5 heteroatoms. The van der Waals surface area contributed by atoms with Crippen LogP contribution in [0.2, 0.25) is 0 Å². The number of aromatic nitrogens is 1. The number of methoxy groups -OCH3 is 1. The molecule has 1 N–H and O–H groups in total. The third-order valence-electron chi connectivity index (χ3n) is 4.80. The number of carbonyl (C=O) groups is 1. The maximum absolute atomic E-state index is 12.3. The van der Waals surface area contributed by atoms with E-state index < -0.39 is 11.5 Å². The summed E-state index contributed by atoms with van der Waals surface area (Å²) in [6.07, 6.45) is 6.27. The fraction of sp³-hybridized carbons (Fsp3) is 0.400. The molecule has 3 rings (SSSR count). The summed E-state index contributed by atoms with van der Waals surface area (Å²) in [5, 5.41) is 11.8. The highest BCUT2D eigenvalue weighted by Gasteiger charge is 2.38. The lowest BCUT2D eigenvalue weighted by Crippen LogP contribution is -2.36. The molecule has 1 unspecified atom stereocenters. The van der Waals surface area contributed by atoms with Crippen LogP contribution in [0.15, 0.2) is 36.5 Å². The van der Waals surface area contributed by atoms with E-state index in [4.69, 9.17) is 9.47 Å². The summed E-state index contributed by atoms with van der Waals surface area (Å²) in [6, 6.07) is 7.77. The topological polar surface area (TPSA) is 68.7 Å². The van der Waals surface area contributed by atoms with Gasteiger partial charge in [-0.25, -0.2) is 0 Å². The Balaban J connectivity index is 1.92. The highest BCUT2D eigenvalue weighted by Crippen LogP contribution is 2.34. The Morgan fingerprint density at radius 1 is 1.32 bits per heavy atom. The Morgan fingerprint density at radius 2 is 2.08 bits per heavy atom. The second-order valence-corrected chi connectivity index (χ2v) is 6.49. The van der Waals surface area contributed by atoms with Crippen molar-refractivity contribution >= 4 is 22.8 Å². The average molecular weight is 341 g/mol. The smallest absolute Gasteiger partial charge is 0.315 e. The number of hydrogen-bond acceptors (Lipinski definition) is 5. The van der Waals surface area contributed by atoms with E-state index in [1.807, 2.05) is 36.4 Å². The lowest BCUT2D eigenvalue weighted by Gasteiger charge is -2.31. The third-order valence-corrected chi connectivity index (χ3v) is 4.80. The van der Waals surface area contributed by atoms with Gasteiger partial charge in [0.05, 0.1) is 24.3 Å². The van der Waals surface area contributed by atoms with Crippen LogP contribution in [0.4, 0.5) is 0 Å². The van der Waals surface area contributed by atoms with E-state index in [-0.39, 0.29) is 5.97 Å².